The molecule has 2 nitrogen and oxygen atoms in total. The Bertz CT molecular complexity index is 425. The van der Waals surface area contributed by atoms with Crippen LogP contribution in [0.5, 0.6) is 0 Å². The number of fused-ring (bicyclic) bond motifs is 1. The number of rotatable bonds is 1. The van der Waals surface area contributed by atoms with E-state index in [1.165, 1.54) is 56.3 Å². The lowest BCUT2D eigenvalue weighted by atomic mass is 9.78. The van der Waals surface area contributed by atoms with E-state index >= 15 is 0 Å². The fourth-order valence-electron chi connectivity index (χ4n) is 3.86. The quantitative estimate of drug-likeness (QED) is 0.763. The molecule has 1 saturated heterocycles. The molecule has 1 aliphatic carbocycles. The Morgan fingerprint density at radius 3 is 2.78 bits per heavy atom. The first-order chi connectivity index (χ1) is 8.75. The zero-order valence-corrected chi connectivity index (χ0v) is 11.4. The van der Waals surface area contributed by atoms with Gasteiger partial charge in [-0.2, -0.15) is 0 Å². The van der Waals surface area contributed by atoms with E-state index < -0.39 is 0 Å². The molecular weight excluding hydrogens is 220 g/mol. The van der Waals surface area contributed by atoms with E-state index in [0.29, 0.717) is 0 Å². The van der Waals surface area contributed by atoms with Crippen LogP contribution in [0, 0.1) is 12.8 Å². The van der Waals surface area contributed by atoms with Gasteiger partial charge in [-0.1, -0.05) is 18.9 Å². The monoisotopic (exact) mass is 244 g/mol. The zero-order valence-electron chi connectivity index (χ0n) is 11.4. The van der Waals surface area contributed by atoms with Crippen LogP contribution in [0.25, 0.3) is 0 Å². The first kappa shape index (κ1) is 11.9. The van der Waals surface area contributed by atoms with E-state index in [1.807, 2.05) is 6.07 Å². The average Bonchev–Trinajstić information content (AvgIpc) is 2.41. The predicted molar refractivity (Wildman–Crippen MR) is 77.9 cm³/mol. The summed E-state index contributed by atoms with van der Waals surface area (Å²) in [6.45, 7) is 3.42. The van der Waals surface area contributed by atoms with Crippen molar-refractivity contribution >= 4 is 11.4 Å². The lowest BCUT2D eigenvalue weighted by Crippen LogP contribution is -2.47. The van der Waals surface area contributed by atoms with Crippen molar-refractivity contribution in [3.63, 3.8) is 0 Å². The molecule has 0 aromatic heterocycles. The molecule has 1 aromatic carbocycles. The third-order valence-electron chi connectivity index (χ3n) is 4.79. The molecule has 1 aliphatic heterocycles. The van der Waals surface area contributed by atoms with Crippen LogP contribution in [0.3, 0.4) is 0 Å². The number of benzene rings is 1. The molecule has 2 atom stereocenters. The number of nitrogens with zero attached hydrogens (tertiary/aromatic N) is 1. The van der Waals surface area contributed by atoms with E-state index in [-0.39, 0.29) is 0 Å². The summed E-state index contributed by atoms with van der Waals surface area (Å²) < 4.78 is 0. The molecule has 2 aliphatic rings. The van der Waals surface area contributed by atoms with E-state index in [2.05, 4.69) is 24.0 Å². The Labute approximate surface area is 110 Å². The molecule has 0 bridgehead atoms. The number of piperidine rings is 1. The minimum atomic E-state index is 0.771. The van der Waals surface area contributed by atoms with Gasteiger partial charge in [-0.15, -0.1) is 0 Å². The molecule has 2 heteroatoms. The van der Waals surface area contributed by atoms with Crippen molar-refractivity contribution in [2.24, 2.45) is 5.92 Å². The fourth-order valence-corrected chi connectivity index (χ4v) is 3.86. The molecule has 0 amide bonds. The smallest absolute Gasteiger partial charge is 0.0419 e. The van der Waals surface area contributed by atoms with Crippen LogP contribution < -0.4 is 10.6 Å². The molecule has 1 saturated carbocycles. The van der Waals surface area contributed by atoms with Gasteiger partial charge in [0.15, 0.2) is 0 Å². The van der Waals surface area contributed by atoms with Gasteiger partial charge in [0.2, 0.25) is 0 Å². The predicted octanol–water partition coefficient (Wildman–Crippen LogP) is 3.74. The average molecular weight is 244 g/mol. The van der Waals surface area contributed by atoms with Crippen LogP contribution in [-0.4, -0.2) is 12.6 Å². The van der Waals surface area contributed by atoms with Crippen molar-refractivity contribution in [3.8, 4) is 0 Å². The molecule has 18 heavy (non-hydrogen) atoms. The molecule has 1 aromatic rings. The van der Waals surface area contributed by atoms with Crippen molar-refractivity contribution < 1.29 is 0 Å². The van der Waals surface area contributed by atoms with Crippen molar-refractivity contribution in [1.29, 1.82) is 0 Å². The number of hydrogen-bond donors (Lipinski definition) is 1. The summed E-state index contributed by atoms with van der Waals surface area (Å²) in [5.41, 5.74) is 9.62. The maximum atomic E-state index is 5.98. The third kappa shape index (κ3) is 2.09. The second-order valence-electron chi connectivity index (χ2n) is 5.99. The van der Waals surface area contributed by atoms with E-state index in [4.69, 9.17) is 5.73 Å². The summed E-state index contributed by atoms with van der Waals surface area (Å²) in [6, 6.07) is 7.12. The first-order valence-corrected chi connectivity index (χ1v) is 7.38. The van der Waals surface area contributed by atoms with Gasteiger partial charge in [0.25, 0.3) is 0 Å². The number of anilines is 2. The van der Waals surface area contributed by atoms with Crippen molar-refractivity contribution in [1.82, 2.24) is 0 Å². The number of nitrogen functional groups attached to an aromatic ring is 1. The minimum absolute atomic E-state index is 0.771. The number of nitrogens with two attached hydrogens (primary N) is 1. The largest absolute Gasteiger partial charge is 0.399 e. The molecule has 0 unspecified atom stereocenters. The van der Waals surface area contributed by atoms with Gasteiger partial charge in [-0.3, -0.25) is 0 Å². The van der Waals surface area contributed by atoms with Gasteiger partial charge < -0.3 is 10.6 Å². The fraction of sp³-hybridized carbons (Fsp3) is 0.625. The second kappa shape index (κ2) is 4.83. The summed E-state index contributed by atoms with van der Waals surface area (Å²) in [6.07, 6.45) is 8.42. The minimum Gasteiger partial charge on any atom is -0.399 e. The van der Waals surface area contributed by atoms with Crippen molar-refractivity contribution in [2.45, 2.75) is 51.5 Å². The Balaban J connectivity index is 1.91. The van der Waals surface area contributed by atoms with Gasteiger partial charge >= 0.3 is 0 Å². The van der Waals surface area contributed by atoms with Gasteiger partial charge in [-0.05, 0) is 56.2 Å². The molecule has 0 spiro atoms. The van der Waals surface area contributed by atoms with Gasteiger partial charge in [0.05, 0.1) is 0 Å². The van der Waals surface area contributed by atoms with Crippen LogP contribution in [0.4, 0.5) is 11.4 Å². The summed E-state index contributed by atoms with van der Waals surface area (Å²) in [5, 5.41) is 0. The Morgan fingerprint density at radius 1 is 1.11 bits per heavy atom. The Hall–Kier alpha value is -1.18. The molecule has 2 fully saturated rings. The highest BCUT2D eigenvalue weighted by Crippen LogP contribution is 2.39. The highest BCUT2D eigenvalue weighted by Gasteiger charge is 2.33. The van der Waals surface area contributed by atoms with Crippen molar-refractivity contribution in [2.75, 3.05) is 17.2 Å². The normalized spacial score (nSPS) is 27.9. The maximum Gasteiger partial charge on any atom is 0.0419 e. The Morgan fingerprint density at radius 2 is 1.89 bits per heavy atom. The summed E-state index contributed by atoms with van der Waals surface area (Å²) in [7, 11) is 0. The van der Waals surface area contributed by atoms with E-state index in [9.17, 15) is 0 Å². The maximum absolute atomic E-state index is 5.98. The van der Waals surface area contributed by atoms with Crippen LogP contribution in [0.2, 0.25) is 0 Å². The molecule has 3 rings (SSSR count). The zero-order chi connectivity index (χ0) is 12.5. The molecule has 98 valence electrons. The molecule has 1 heterocycles. The van der Waals surface area contributed by atoms with Crippen LogP contribution in [0.1, 0.15) is 44.1 Å². The lowest BCUT2D eigenvalue weighted by molar-refractivity contribution is 0.243. The molecule has 0 radical (unpaired) electrons. The Kier molecular flexibility index (Phi) is 3.19. The lowest BCUT2D eigenvalue weighted by Gasteiger charge is -2.46. The molecule has 2 N–H and O–H groups in total. The number of hydrogen-bond acceptors (Lipinski definition) is 2. The van der Waals surface area contributed by atoms with Crippen LogP contribution in [-0.2, 0) is 0 Å². The standard InChI is InChI=1S/C16H24N2/c1-12-8-9-14(17)11-16(12)18-10-4-6-13-5-2-3-7-15(13)18/h8-9,11,13,15H,2-7,10,17H2,1H3/t13-,15-/m1/s1. The second-order valence-corrected chi connectivity index (χ2v) is 5.99. The van der Waals surface area contributed by atoms with Crippen molar-refractivity contribution in [3.05, 3.63) is 23.8 Å². The van der Waals surface area contributed by atoms with E-state index in [0.717, 1.165) is 17.6 Å². The van der Waals surface area contributed by atoms with Gasteiger partial charge in [0.1, 0.15) is 0 Å². The van der Waals surface area contributed by atoms with Crippen LogP contribution >= 0.6 is 0 Å². The van der Waals surface area contributed by atoms with Crippen LogP contribution in [0.15, 0.2) is 18.2 Å². The highest BCUT2D eigenvalue weighted by molar-refractivity contribution is 5.61. The van der Waals surface area contributed by atoms with Gasteiger partial charge in [0, 0.05) is 24.0 Å². The summed E-state index contributed by atoms with van der Waals surface area (Å²) in [4.78, 5) is 2.65. The topological polar surface area (TPSA) is 29.3 Å². The van der Waals surface area contributed by atoms with Gasteiger partial charge in [-0.25, -0.2) is 0 Å². The first-order valence-electron chi connectivity index (χ1n) is 7.38. The number of aryl methyl sites for hydroxylation is 1. The molecular formula is C16H24N2. The SMILES string of the molecule is Cc1ccc(N)cc1N1CCC[C@H]2CCCC[C@H]21. The summed E-state index contributed by atoms with van der Waals surface area (Å²) in [5.74, 6) is 0.924. The van der Waals surface area contributed by atoms with E-state index in [1.54, 1.807) is 0 Å². The summed E-state index contributed by atoms with van der Waals surface area (Å²) >= 11 is 0. The third-order valence-corrected chi connectivity index (χ3v) is 4.79. The highest BCUT2D eigenvalue weighted by atomic mass is 15.2.